The molecular formula is C19H24ClNO. The van der Waals surface area contributed by atoms with Crippen LogP contribution in [0.15, 0.2) is 48.5 Å². The molecule has 0 amide bonds. The van der Waals surface area contributed by atoms with Gasteiger partial charge in [-0.15, -0.1) is 0 Å². The molecule has 0 atom stereocenters. The van der Waals surface area contributed by atoms with Crippen LogP contribution in [-0.2, 0) is 13.2 Å². The Morgan fingerprint density at radius 1 is 1.05 bits per heavy atom. The van der Waals surface area contributed by atoms with Gasteiger partial charge in [0, 0.05) is 11.6 Å². The Hall–Kier alpha value is -1.51. The van der Waals surface area contributed by atoms with Crippen molar-refractivity contribution in [3.05, 3.63) is 64.7 Å². The Morgan fingerprint density at radius 2 is 1.82 bits per heavy atom. The average Bonchev–Trinajstić information content (AvgIpc) is 2.51. The van der Waals surface area contributed by atoms with Gasteiger partial charge in [0.15, 0.2) is 0 Å². The largest absolute Gasteiger partial charge is 0.489 e. The Kier molecular flexibility index (Phi) is 6.75. The van der Waals surface area contributed by atoms with E-state index in [1.165, 1.54) is 12.0 Å². The van der Waals surface area contributed by atoms with Crippen LogP contribution in [-0.4, -0.2) is 6.54 Å². The van der Waals surface area contributed by atoms with Gasteiger partial charge in [0.05, 0.1) is 0 Å². The molecule has 22 heavy (non-hydrogen) atoms. The molecule has 0 aliphatic carbocycles. The van der Waals surface area contributed by atoms with Crippen molar-refractivity contribution in [1.29, 1.82) is 0 Å². The van der Waals surface area contributed by atoms with E-state index in [-0.39, 0.29) is 0 Å². The standard InChI is InChI=1S/C19H24ClNO/c1-15(2)10-11-21-13-16-6-8-19(9-7-16)22-14-17-4-3-5-18(20)12-17/h3-9,12,15,21H,10-11,13-14H2,1-2H3. The summed E-state index contributed by atoms with van der Waals surface area (Å²) in [6, 6.07) is 16.0. The second-order valence-corrected chi connectivity index (χ2v) is 6.36. The van der Waals surface area contributed by atoms with Gasteiger partial charge in [-0.2, -0.15) is 0 Å². The number of halogens is 1. The summed E-state index contributed by atoms with van der Waals surface area (Å²) in [5.41, 5.74) is 2.35. The third kappa shape index (κ3) is 6.08. The SMILES string of the molecule is CC(C)CCNCc1ccc(OCc2cccc(Cl)c2)cc1. The summed E-state index contributed by atoms with van der Waals surface area (Å²) in [4.78, 5) is 0. The molecule has 0 saturated carbocycles. The van der Waals surface area contributed by atoms with Gasteiger partial charge in [-0.1, -0.05) is 49.7 Å². The molecule has 0 bridgehead atoms. The van der Waals surface area contributed by atoms with Gasteiger partial charge in [0.1, 0.15) is 12.4 Å². The number of hydrogen-bond acceptors (Lipinski definition) is 2. The van der Waals surface area contributed by atoms with E-state index in [2.05, 4.69) is 31.3 Å². The average molecular weight is 318 g/mol. The highest BCUT2D eigenvalue weighted by Gasteiger charge is 1.99. The summed E-state index contributed by atoms with van der Waals surface area (Å²) in [5.74, 6) is 1.63. The first-order valence-electron chi connectivity index (χ1n) is 7.80. The number of benzene rings is 2. The summed E-state index contributed by atoms with van der Waals surface area (Å²) >= 11 is 5.96. The van der Waals surface area contributed by atoms with Crippen LogP contribution in [0, 0.1) is 5.92 Å². The molecule has 0 spiro atoms. The highest BCUT2D eigenvalue weighted by Crippen LogP contribution is 2.16. The van der Waals surface area contributed by atoms with Crippen molar-refractivity contribution in [3.8, 4) is 5.75 Å². The minimum absolute atomic E-state index is 0.534. The maximum Gasteiger partial charge on any atom is 0.119 e. The summed E-state index contributed by atoms with van der Waals surface area (Å²) in [6.45, 7) is 6.99. The van der Waals surface area contributed by atoms with Gasteiger partial charge < -0.3 is 10.1 Å². The number of hydrogen-bond donors (Lipinski definition) is 1. The molecule has 2 aromatic carbocycles. The van der Waals surface area contributed by atoms with Crippen LogP contribution in [0.5, 0.6) is 5.75 Å². The van der Waals surface area contributed by atoms with Crippen LogP contribution in [0.25, 0.3) is 0 Å². The molecule has 2 rings (SSSR count). The van der Waals surface area contributed by atoms with E-state index >= 15 is 0 Å². The van der Waals surface area contributed by atoms with E-state index in [0.29, 0.717) is 6.61 Å². The third-order valence-electron chi connectivity index (χ3n) is 3.45. The molecule has 0 aliphatic heterocycles. The fourth-order valence-electron chi connectivity index (χ4n) is 2.12. The van der Waals surface area contributed by atoms with Gasteiger partial charge in [0.2, 0.25) is 0 Å². The lowest BCUT2D eigenvalue weighted by molar-refractivity contribution is 0.306. The maximum atomic E-state index is 5.96. The van der Waals surface area contributed by atoms with Crippen molar-refractivity contribution in [2.45, 2.75) is 33.4 Å². The van der Waals surface area contributed by atoms with Crippen LogP contribution in [0.1, 0.15) is 31.4 Å². The zero-order chi connectivity index (χ0) is 15.8. The van der Waals surface area contributed by atoms with Gasteiger partial charge in [-0.3, -0.25) is 0 Å². The topological polar surface area (TPSA) is 21.3 Å². The smallest absolute Gasteiger partial charge is 0.119 e. The van der Waals surface area contributed by atoms with E-state index in [0.717, 1.165) is 35.3 Å². The van der Waals surface area contributed by atoms with E-state index in [1.807, 2.05) is 36.4 Å². The minimum Gasteiger partial charge on any atom is -0.489 e. The summed E-state index contributed by atoms with van der Waals surface area (Å²) < 4.78 is 5.78. The molecule has 2 nitrogen and oxygen atoms in total. The molecule has 0 radical (unpaired) electrons. The number of nitrogens with one attached hydrogen (secondary N) is 1. The van der Waals surface area contributed by atoms with Crippen molar-refractivity contribution in [2.75, 3.05) is 6.54 Å². The lowest BCUT2D eigenvalue weighted by Crippen LogP contribution is -2.16. The lowest BCUT2D eigenvalue weighted by atomic mass is 10.1. The normalized spacial score (nSPS) is 10.9. The highest BCUT2D eigenvalue weighted by atomic mass is 35.5. The van der Waals surface area contributed by atoms with Crippen LogP contribution >= 0.6 is 11.6 Å². The molecule has 1 N–H and O–H groups in total. The van der Waals surface area contributed by atoms with Crippen molar-refractivity contribution in [1.82, 2.24) is 5.32 Å². The van der Waals surface area contributed by atoms with Crippen LogP contribution in [0.4, 0.5) is 0 Å². The molecule has 118 valence electrons. The molecule has 0 saturated heterocycles. The molecule has 0 heterocycles. The summed E-state index contributed by atoms with van der Waals surface area (Å²) in [6.07, 6.45) is 1.21. The van der Waals surface area contributed by atoms with Gasteiger partial charge >= 0.3 is 0 Å². The third-order valence-corrected chi connectivity index (χ3v) is 3.68. The molecule has 3 heteroatoms. The van der Waals surface area contributed by atoms with E-state index < -0.39 is 0 Å². The molecule has 0 unspecified atom stereocenters. The monoisotopic (exact) mass is 317 g/mol. The van der Waals surface area contributed by atoms with Crippen molar-refractivity contribution in [2.24, 2.45) is 5.92 Å². The Morgan fingerprint density at radius 3 is 2.50 bits per heavy atom. The van der Waals surface area contributed by atoms with E-state index in [4.69, 9.17) is 16.3 Å². The number of ether oxygens (including phenoxy) is 1. The lowest BCUT2D eigenvalue weighted by Gasteiger charge is -2.09. The van der Waals surface area contributed by atoms with Gasteiger partial charge in [-0.25, -0.2) is 0 Å². The van der Waals surface area contributed by atoms with Gasteiger partial charge in [0.25, 0.3) is 0 Å². The van der Waals surface area contributed by atoms with E-state index in [9.17, 15) is 0 Å². The molecule has 0 aliphatic rings. The van der Waals surface area contributed by atoms with Crippen LogP contribution < -0.4 is 10.1 Å². The number of rotatable bonds is 8. The van der Waals surface area contributed by atoms with Crippen LogP contribution in [0.2, 0.25) is 5.02 Å². The molecular weight excluding hydrogens is 294 g/mol. The second kappa shape index (κ2) is 8.82. The Bertz CT molecular complexity index is 566. The first kappa shape index (κ1) is 16.9. The zero-order valence-electron chi connectivity index (χ0n) is 13.3. The Balaban J connectivity index is 1.77. The predicted octanol–water partition coefficient (Wildman–Crippen LogP) is 5.05. The molecule has 2 aromatic rings. The highest BCUT2D eigenvalue weighted by molar-refractivity contribution is 6.30. The quantitative estimate of drug-likeness (QED) is 0.687. The summed E-state index contributed by atoms with van der Waals surface area (Å²) in [5, 5.41) is 4.20. The maximum absolute atomic E-state index is 5.96. The Labute approximate surface area is 138 Å². The van der Waals surface area contributed by atoms with Crippen molar-refractivity contribution >= 4 is 11.6 Å². The predicted molar refractivity (Wildman–Crippen MR) is 93.4 cm³/mol. The van der Waals surface area contributed by atoms with Crippen molar-refractivity contribution in [3.63, 3.8) is 0 Å². The first-order chi connectivity index (χ1) is 10.6. The van der Waals surface area contributed by atoms with E-state index in [1.54, 1.807) is 0 Å². The zero-order valence-corrected chi connectivity index (χ0v) is 14.1. The summed E-state index contributed by atoms with van der Waals surface area (Å²) in [7, 11) is 0. The molecule has 0 aromatic heterocycles. The molecule has 0 fully saturated rings. The fourth-order valence-corrected chi connectivity index (χ4v) is 2.33. The first-order valence-corrected chi connectivity index (χ1v) is 8.18. The van der Waals surface area contributed by atoms with Gasteiger partial charge in [-0.05, 0) is 54.3 Å². The minimum atomic E-state index is 0.534. The van der Waals surface area contributed by atoms with Crippen LogP contribution in [0.3, 0.4) is 0 Å². The second-order valence-electron chi connectivity index (χ2n) is 5.92. The van der Waals surface area contributed by atoms with Crippen molar-refractivity contribution < 1.29 is 4.74 Å². The fraction of sp³-hybridized carbons (Fsp3) is 0.368.